The van der Waals surface area contributed by atoms with Crippen LogP contribution in [0.2, 0.25) is 0 Å². The molecule has 1 N–H and O–H groups in total. The zero-order valence-electron chi connectivity index (χ0n) is 10.1. The largest absolute Gasteiger partial charge is 0.380 e. The van der Waals surface area contributed by atoms with Crippen LogP contribution in [-0.2, 0) is 4.74 Å². The van der Waals surface area contributed by atoms with Gasteiger partial charge in [-0.2, -0.15) is 0 Å². The van der Waals surface area contributed by atoms with Gasteiger partial charge in [-0.05, 0) is 38.9 Å². The number of nitrogens with zero attached hydrogens (tertiary/aromatic N) is 1. The Hall–Kier alpha value is -0.120. The molecule has 3 nitrogen and oxygen atoms in total. The van der Waals surface area contributed by atoms with E-state index in [-0.39, 0.29) is 0 Å². The first-order valence-corrected chi connectivity index (χ1v) is 6.15. The molecule has 1 unspecified atom stereocenters. The summed E-state index contributed by atoms with van der Waals surface area (Å²) in [5, 5.41) is 3.61. The van der Waals surface area contributed by atoms with Gasteiger partial charge in [0, 0.05) is 18.5 Å². The van der Waals surface area contributed by atoms with Crippen LogP contribution in [0, 0.1) is 11.3 Å². The summed E-state index contributed by atoms with van der Waals surface area (Å²) < 4.78 is 5.25. The summed E-state index contributed by atoms with van der Waals surface area (Å²) in [6.07, 6.45) is 2.76. The van der Waals surface area contributed by atoms with Gasteiger partial charge in [0.25, 0.3) is 0 Å². The van der Waals surface area contributed by atoms with Gasteiger partial charge in [-0.15, -0.1) is 0 Å². The Morgan fingerprint density at radius 1 is 1.47 bits per heavy atom. The van der Waals surface area contributed by atoms with E-state index < -0.39 is 0 Å². The van der Waals surface area contributed by atoms with Crippen LogP contribution in [-0.4, -0.2) is 51.3 Å². The van der Waals surface area contributed by atoms with E-state index in [0.29, 0.717) is 5.41 Å². The molecule has 2 rings (SSSR count). The minimum absolute atomic E-state index is 0.417. The fourth-order valence-corrected chi connectivity index (χ4v) is 2.57. The maximum absolute atomic E-state index is 5.25. The summed E-state index contributed by atoms with van der Waals surface area (Å²) in [4.78, 5) is 2.45. The monoisotopic (exact) mass is 212 g/mol. The number of nitrogens with one attached hydrogen (secondary N) is 1. The van der Waals surface area contributed by atoms with Gasteiger partial charge in [0.1, 0.15) is 0 Å². The lowest BCUT2D eigenvalue weighted by Crippen LogP contribution is -2.48. The Bertz CT molecular complexity index is 204. The summed E-state index contributed by atoms with van der Waals surface area (Å²) in [5.74, 6) is 0.855. The molecule has 2 aliphatic heterocycles. The van der Waals surface area contributed by atoms with Crippen LogP contribution in [0.4, 0.5) is 0 Å². The van der Waals surface area contributed by atoms with E-state index in [9.17, 15) is 0 Å². The van der Waals surface area contributed by atoms with Crippen LogP contribution in [0.5, 0.6) is 0 Å². The first kappa shape index (κ1) is 11.4. The smallest absolute Gasteiger partial charge is 0.0554 e. The van der Waals surface area contributed by atoms with E-state index in [0.717, 1.165) is 25.7 Å². The molecule has 2 fully saturated rings. The average Bonchev–Trinajstić information content (AvgIpc) is 2.15. The summed E-state index contributed by atoms with van der Waals surface area (Å²) in [7, 11) is 2.23. The van der Waals surface area contributed by atoms with Crippen molar-refractivity contribution in [2.45, 2.75) is 19.8 Å². The van der Waals surface area contributed by atoms with Crippen molar-refractivity contribution in [3.8, 4) is 0 Å². The van der Waals surface area contributed by atoms with Crippen molar-refractivity contribution >= 4 is 0 Å². The Labute approximate surface area is 93.2 Å². The van der Waals surface area contributed by atoms with E-state index in [1.807, 2.05) is 0 Å². The second kappa shape index (κ2) is 4.81. The maximum Gasteiger partial charge on any atom is 0.0554 e. The normalized spacial score (nSPS) is 31.2. The topological polar surface area (TPSA) is 24.5 Å². The number of likely N-dealkylation sites (tertiary alicyclic amines) is 1. The standard InChI is InChI=1S/C12H24N2O/c1-12(9-15-10-12)8-13-6-11-4-3-5-14(2)7-11/h11,13H,3-10H2,1-2H3. The third kappa shape index (κ3) is 3.16. The molecular formula is C12H24N2O. The highest BCUT2D eigenvalue weighted by Gasteiger charge is 2.32. The van der Waals surface area contributed by atoms with Crippen molar-refractivity contribution in [3.05, 3.63) is 0 Å². The molecule has 2 heterocycles. The summed E-state index contributed by atoms with van der Waals surface area (Å²) in [5.41, 5.74) is 0.417. The van der Waals surface area contributed by atoms with Gasteiger partial charge in [0.2, 0.25) is 0 Å². The van der Waals surface area contributed by atoms with E-state index in [1.54, 1.807) is 0 Å². The third-order valence-electron chi connectivity index (χ3n) is 3.61. The lowest BCUT2D eigenvalue weighted by atomic mass is 9.88. The van der Waals surface area contributed by atoms with Gasteiger partial charge < -0.3 is 15.0 Å². The Kier molecular flexibility index (Phi) is 3.65. The predicted octanol–water partition coefficient (Wildman–Crippen LogP) is 0.954. The van der Waals surface area contributed by atoms with Crippen molar-refractivity contribution in [1.82, 2.24) is 10.2 Å². The van der Waals surface area contributed by atoms with Crippen molar-refractivity contribution in [3.63, 3.8) is 0 Å². The lowest BCUT2D eigenvalue weighted by molar-refractivity contribution is -0.0993. The number of hydrogen-bond acceptors (Lipinski definition) is 3. The highest BCUT2D eigenvalue weighted by molar-refractivity contribution is 4.83. The maximum atomic E-state index is 5.25. The highest BCUT2D eigenvalue weighted by Crippen LogP contribution is 2.25. The average molecular weight is 212 g/mol. The Morgan fingerprint density at radius 3 is 2.87 bits per heavy atom. The lowest BCUT2D eigenvalue weighted by Gasteiger charge is -2.39. The van der Waals surface area contributed by atoms with Crippen molar-refractivity contribution in [1.29, 1.82) is 0 Å². The highest BCUT2D eigenvalue weighted by atomic mass is 16.5. The zero-order chi connectivity index (χ0) is 10.7. The molecule has 3 heteroatoms. The van der Waals surface area contributed by atoms with Crippen LogP contribution in [0.1, 0.15) is 19.8 Å². The van der Waals surface area contributed by atoms with Crippen LogP contribution in [0.3, 0.4) is 0 Å². The SMILES string of the molecule is CN1CCCC(CNCC2(C)COC2)C1. The van der Waals surface area contributed by atoms with Gasteiger partial charge in [-0.1, -0.05) is 6.92 Å². The molecule has 1 atom stereocenters. The van der Waals surface area contributed by atoms with Crippen LogP contribution >= 0.6 is 0 Å². The second-order valence-corrected chi connectivity index (χ2v) is 5.70. The predicted molar refractivity (Wildman–Crippen MR) is 62.0 cm³/mol. The summed E-state index contributed by atoms with van der Waals surface area (Å²) >= 11 is 0. The van der Waals surface area contributed by atoms with Crippen LogP contribution in [0.25, 0.3) is 0 Å². The van der Waals surface area contributed by atoms with Crippen molar-refractivity contribution in [2.75, 3.05) is 46.4 Å². The Morgan fingerprint density at radius 2 is 2.27 bits per heavy atom. The van der Waals surface area contributed by atoms with Crippen LogP contribution in [0.15, 0.2) is 0 Å². The molecule has 2 saturated heterocycles. The molecule has 0 aliphatic carbocycles. The molecule has 0 aromatic heterocycles. The van der Waals surface area contributed by atoms with Gasteiger partial charge in [-0.25, -0.2) is 0 Å². The minimum Gasteiger partial charge on any atom is -0.380 e. The van der Waals surface area contributed by atoms with E-state index >= 15 is 0 Å². The summed E-state index contributed by atoms with van der Waals surface area (Å²) in [6, 6.07) is 0. The molecule has 0 amide bonds. The number of hydrogen-bond donors (Lipinski definition) is 1. The molecule has 88 valence electrons. The summed E-state index contributed by atoms with van der Waals surface area (Å²) in [6.45, 7) is 9.01. The fraction of sp³-hybridized carbons (Fsp3) is 1.00. The van der Waals surface area contributed by atoms with Gasteiger partial charge >= 0.3 is 0 Å². The molecule has 15 heavy (non-hydrogen) atoms. The zero-order valence-corrected chi connectivity index (χ0v) is 10.1. The molecule has 0 spiro atoms. The van der Waals surface area contributed by atoms with Crippen molar-refractivity contribution in [2.24, 2.45) is 11.3 Å². The number of piperidine rings is 1. The van der Waals surface area contributed by atoms with Crippen molar-refractivity contribution < 1.29 is 4.74 Å². The number of rotatable bonds is 4. The first-order valence-electron chi connectivity index (χ1n) is 6.15. The fourth-order valence-electron chi connectivity index (χ4n) is 2.57. The second-order valence-electron chi connectivity index (χ2n) is 5.70. The molecule has 2 aliphatic rings. The Balaban J connectivity index is 1.60. The molecule has 0 saturated carbocycles. The molecule has 0 aromatic rings. The van der Waals surface area contributed by atoms with E-state index in [2.05, 4.69) is 24.2 Å². The molecular weight excluding hydrogens is 188 g/mol. The van der Waals surface area contributed by atoms with Gasteiger partial charge in [0.05, 0.1) is 13.2 Å². The van der Waals surface area contributed by atoms with E-state index in [1.165, 1.54) is 32.5 Å². The minimum atomic E-state index is 0.417. The third-order valence-corrected chi connectivity index (χ3v) is 3.61. The van der Waals surface area contributed by atoms with Crippen LogP contribution < -0.4 is 5.32 Å². The molecule has 0 aromatic carbocycles. The number of ether oxygens (including phenoxy) is 1. The molecule has 0 radical (unpaired) electrons. The van der Waals surface area contributed by atoms with Gasteiger partial charge in [0.15, 0.2) is 0 Å². The van der Waals surface area contributed by atoms with E-state index in [4.69, 9.17) is 4.74 Å². The molecule has 0 bridgehead atoms. The first-order chi connectivity index (χ1) is 7.18. The quantitative estimate of drug-likeness (QED) is 0.751. The van der Waals surface area contributed by atoms with Gasteiger partial charge in [-0.3, -0.25) is 0 Å².